The second-order valence-corrected chi connectivity index (χ2v) is 6.23. The molecule has 2 rings (SSSR count). The van der Waals surface area contributed by atoms with Gasteiger partial charge in [-0.15, -0.1) is 0 Å². The normalized spacial score (nSPS) is 15.6. The standard InChI is InChI=1S/C14H23ClN4S/c1-10-13(15)11(2)19(18-10)9-5-8-16-14(20)17-12-6-3-4-7-12/h12H,3-9H2,1-2H3,(H2,16,17,20). The maximum atomic E-state index is 6.13. The molecular weight excluding hydrogens is 292 g/mol. The van der Waals surface area contributed by atoms with Gasteiger partial charge in [0, 0.05) is 19.1 Å². The molecule has 1 aliphatic rings. The van der Waals surface area contributed by atoms with Crippen LogP contribution >= 0.6 is 23.8 Å². The van der Waals surface area contributed by atoms with E-state index in [0.29, 0.717) is 6.04 Å². The molecular formula is C14H23ClN4S. The molecule has 0 aliphatic heterocycles. The lowest BCUT2D eigenvalue weighted by molar-refractivity contribution is 0.552. The summed E-state index contributed by atoms with van der Waals surface area (Å²) in [5, 5.41) is 12.6. The van der Waals surface area contributed by atoms with Crippen molar-refractivity contribution in [1.29, 1.82) is 0 Å². The van der Waals surface area contributed by atoms with E-state index in [9.17, 15) is 0 Å². The molecule has 0 aromatic carbocycles. The number of nitrogens with one attached hydrogen (secondary N) is 2. The summed E-state index contributed by atoms with van der Waals surface area (Å²) in [6.07, 6.45) is 6.10. The molecule has 0 saturated heterocycles. The first-order valence-electron chi connectivity index (χ1n) is 7.32. The molecule has 1 aliphatic carbocycles. The highest BCUT2D eigenvalue weighted by Gasteiger charge is 2.15. The van der Waals surface area contributed by atoms with Crippen LogP contribution in [0.4, 0.5) is 0 Å². The Morgan fingerprint density at radius 3 is 2.70 bits per heavy atom. The van der Waals surface area contributed by atoms with Gasteiger partial charge in [0.1, 0.15) is 0 Å². The highest BCUT2D eigenvalue weighted by Crippen LogP contribution is 2.19. The van der Waals surface area contributed by atoms with E-state index in [1.54, 1.807) is 0 Å². The first kappa shape index (κ1) is 15.6. The average molecular weight is 315 g/mol. The smallest absolute Gasteiger partial charge is 0.166 e. The van der Waals surface area contributed by atoms with E-state index >= 15 is 0 Å². The zero-order valence-electron chi connectivity index (χ0n) is 12.2. The summed E-state index contributed by atoms with van der Waals surface area (Å²) in [6.45, 7) is 5.65. The number of hydrogen-bond acceptors (Lipinski definition) is 2. The van der Waals surface area contributed by atoms with Gasteiger partial charge in [-0.3, -0.25) is 4.68 Å². The highest BCUT2D eigenvalue weighted by molar-refractivity contribution is 7.80. The van der Waals surface area contributed by atoms with Crippen LogP contribution in [0.3, 0.4) is 0 Å². The van der Waals surface area contributed by atoms with Gasteiger partial charge in [-0.1, -0.05) is 24.4 Å². The number of aryl methyl sites for hydroxylation is 2. The second kappa shape index (κ2) is 7.27. The van der Waals surface area contributed by atoms with Crippen LogP contribution in [0, 0.1) is 13.8 Å². The van der Waals surface area contributed by atoms with Crippen LogP contribution in [0.2, 0.25) is 5.02 Å². The van der Waals surface area contributed by atoms with Crippen LogP contribution in [0.5, 0.6) is 0 Å². The van der Waals surface area contributed by atoms with Crippen molar-refractivity contribution >= 4 is 28.9 Å². The first-order chi connectivity index (χ1) is 9.58. The number of hydrogen-bond donors (Lipinski definition) is 2. The number of halogens is 1. The van der Waals surface area contributed by atoms with Gasteiger partial charge in [-0.25, -0.2) is 0 Å². The molecule has 1 fully saturated rings. The van der Waals surface area contributed by atoms with E-state index in [2.05, 4.69) is 15.7 Å². The predicted molar refractivity (Wildman–Crippen MR) is 87.3 cm³/mol. The first-order valence-corrected chi connectivity index (χ1v) is 8.10. The number of rotatable bonds is 5. The Morgan fingerprint density at radius 2 is 2.10 bits per heavy atom. The molecule has 1 aromatic rings. The Kier molecular flexibility index (Phi) is 5.66. The van der Waals surface area contributed by atoms with E-state index in [4.69, 9.17) is 23.8 Å². The maximum Gasteiger partial charge on any atom is 0.166 e. The van der Waals surface area contributed by atoms with Crippen LogP contribution in [0.25, 0.3) is 0 Å². The zero-order valence-corrected chi connectivity index (χ0v) is 13.8. The van der Waals surface area contributed by atoms with Gasteiger partial charge in [-0.05, 0) is 45.3 Å². The van der Waals surface area contributed by atoms with Crippen molar-refractivity contribution in [3.8, 4) is 0 Å². The van der Waals surface area contributed by atoms with Crippen molar-refractivity contribution in [2.45, 2.75) is 58.5 Å². The van der Waals surface area contributed by atoms with Crippen LogP contribution < -0.4 is 10.6 Å². The van der Waals surface area contributed by atoms with E-state index in [1.165, 1.54) is 25.7 Å². The van der Waals surface area contributed by atoms with E-state index in [-0.39, 0.29) is 0 Å². The van der Waals surface area contributed by atoms with E-state index in [0.717, 1.165) is 41.0 Å². The summed E-state index contributed by atoms with van der Waals surface area (Å²) in [6, 6.07) is 0.574. The molecule has 0 bridgehead atoms. The fraction of sp³-hybridized carbons (Fsp3) is 0.714. The number of thiocarbonyl (C=S) groups is 1. The van der Waals surface area contributed by atoms with Gasteiger partial charge in [0.15, 0.2) is 5.11 Å². The van der Waals surface area contributed by atoms with Gasteiger partial charge in [0.05, 0.1) is 16.4 Å². The predicted octanol–water partition coefficient (Wildman–Crippen LogP) is 2.95. The highest BCUT2D eigenvalue weighted by atomic mass is 35.5. The Morgan fingerprint density at radius 1 is 1.40 bits per heavy atom. The topological polar surface area (TPSA) is 41.9 Å². The van der Waals surface area contributed by atoms with Crippen LogP contribution in [-0.2, 0) is 6.54 Å². The lowest BCUT2D eigenvalue weighted by Crippen LogP contribution is -2.41. The molecule has 0 amide bonds. The number of aromatic nitrogens is 2. The molecule has 112 valence electrons. The molecule has 1 saturated carbocycles. The van der Waals surface area contributed by atoms with Crippen LogP contribution in [0.15, 0.2) is 0 Å². The van der Waals surface area contributed by atoms with Gasteiger partial charge in [0.25, 0.3) is 0 Å². The Hall–Kier alpha value is -0.810. The number of nitrogens with zero attached hydrogens (tertiary/aromatic N) is 2. The third kappa shape index (κ3) is 4.09. The maximum absolute atomic E-state index is 6.13. The summed E-state index contributed by atoms with van der Waals surface area (Å²) in [7, 11) is 0. The molecule has 0 atom stereocenters. The molecule has 0 spiro atoms. The fourth-order valence-corrected chi connectivity index (χ4v) is 3.03. The van der Waals surface area contributed by atoms with Crippen LogP contribution in [0.1, 0.15) is 43.5 Å². The summed E-state index contributed by atoms with van der Waals surface area (Å²) in [5.74, 6) is 0. The molecule has 20 heavy (non-hydrogen) atoms. The van der Waals surface area contributed by atoms with Crippen molar-refractivity contribution in [3.63, 3.8) is 0 Å². The minimum absolute atomic E-state index is 0.574. The molecule has 1 heterocycles. The Labute approximate surface area is 131 Å². The average Bonchev–Trinajstić information content (AvgIpc) is 3.00. The Balaban J connectivity index is 1.65. The zero-order chi connectivity index (χ0) is 14.5. The van der Waals surface area contributed by atoms with Crippen molar-refractivity contribution in [2.24, 2.45) is 0 Å². The van der Waals surface area contributed by atoms with Gasteiger partial charge in [0.2, 0.25) is 0 Å². The van der Waals surface area contributed by atoms with Gasteiger partial charge >= 0.3 is 0 Å². The quantitative estimate of drug-likeness (QED) is 0.648. The summed E-state index contributed by atoms with van der Waals surface area (Å²) < 4.78 is 1.97. The van der Waals surface area contributed by atoms with Gasteiger partial charge in [-0.2, -0.15) is 5.10 Å². The Bertz CT molecular complexity index is 466. The minimum Gasteiger partial charge on any atom is -0.363 e. The molecule has 1 aromatic heterocycles. The third-order valence-electron chi connectivity index (χ3n) is 3.82. The molecule has 4 nitrogen and oxygen atoms in total. The second-order valence-electron chi connectivity index (χ2n) is 5.44. The summed E-state index contributed by atoms with van der Waals surface area (Å²) >= 11 is 11.4. The monoisotopic (exact) mass is 314 g/mol. The van der Waals surface area contributed by atoms with E-state index in [1.807, 2.05) is 18.5 Å². The lowest BCUT2D eigenvalue weighted by atomic mass is 10.3. The van der Waals surface area contributed by atoms with Crippen LogP contribution in [-0.4, -0.2) is 27.5 Å². The molecule has 0 radical (unpaired) electrons. The largest absolute Gasteiger partial charge is 0.363 e. The molecule has 0 unspecified atom stereocenters. The minimum atomic E-state index is 0.574. The summed E-state index contributed by atoms with van der Waals surface area (Å²) in [4.78, 5) is 0. The molecule has 6 heteroatoms. The van der Waals surface area contributed by atoms with Crippen molar-refractivity contribution in [2.75, 3.05) is 6.54 Å². The van der Waals surface area contributed by atoms with Crippen molar-refractivity contribution in [1.82, 2.24) is 20.4 Å². The lowest BCUT2D eigenvalue weighted by Gasteiger charge is -2.15. The summed E-state index contributed by atoms with van der Waals surface area (Å²) in [5.41, 5.74) is 1.94. The SMILES string of the molecule is Cc1nn(CCCNC(=S)NC2CCCC2)c(C)c1Cl. The third-order valence-corrected chi connectivity index (χ3v) is 4.63. The fourth-order valence-electron chi connectivity index (χ4n) is 2.63. The van der Waals surface area contributed by atoms with E-state index < -0.39 is 0 Å². The van der Waals surface area contributed by atoms with Crippen molar-refractivity contribution in [3.05, 3.63) is 16.4 Å². The molecule has 2 N–H and O–H groups in total. The van der Waals surface area contributed by atoms with Gasteiger partial charge < -0.3 is 10.6 Å². The van der Waals surface area contributed by atoms with Crippen molar-refractivity contribution < 1.29 is 0 Å².